The lowest BCUT2D eigenvalue weighted by Gasteiger charge is -2.38. The molecular formula is C20H29N3O. The van der Waals surface area contributed by atoms with Crippen LogP contribution in [0.3, 0.4) is 0 Å². The van der Waals surface area contributed by atoms with E-state index in [2.05, 4.69) is 54.0 Å². The number of benzene rings is 1. The van der Waals surface area contributed by atoms with Gasteiger partial charge in [0.25, 0.3) is 0 Å². The second-order valence-corrected chi connectivity index (χ2v) is 7.54. The van der Waals surface area contributed by atoms with Gasteiger partial charge in [0.2, 0.25) is 0 Å². The zero-order valence-corrected chi connectivity index (χ0v) is 15.1. The number of rotatable bonds is 5. The number of nitrogens with zero attached hydrogens (tertiary/aromatic N) is 3. The topological polar surface area (TPSA) is 39.6 Å². The third-order valence-corrected chi connectivity index (χ3v) is 5.09. The van der Waals surface area contributed by atoms with Crippen molar-refractivity contribution in [2.75, 3.05) is 40.3 Å². The van der Waals surface area contributed by atoms with Crippen molar-refractivity contribution in [3.63, 3.8) is 0 Å². The van der Waals surface area contributed by atoms with Crippen molar-refractivity contribution < 1.29 is 5.11 Å². The van der Waals surface area contributed by atoms with Crippen molar-refractivity contribution in [3.8, 4) is 0 Å². The summed E-state index contributed by atoms with van der Waals surface area (Å²) < 4.78 is 0. The smallest absolute Gasteiger partial charge is 0.0705 e. The first-order valence-electron chi connectivity index (χ1n) is 8.88. The number of piperidine rings is 1. The Morgan fingerprint density at radius 1 is 1.21 bits per heavy atom. The largest absolute Gasteiger partial charge is 0.396 e. The highest BCUT2D eigenvalue weighted by Gasteiger charge is 2.27. The van der Waals surface area contributed by atoms with Crippen LogP contribution in [0.25, 0.3) is 10.9 Å². The van der Waals surface area contributed by atoms with E-state index in [1.807, 2.05) is 12.3 Å². The summed E-state index contributed by atoms with van der Waals surface area (Å²) in [6, 6.07) is 8.48. The summed E-state index contributed by atoms with van der Waals surface area (Å²) in [7, 11) is 4.26. The van der Waals surface area contributed by atoms with Crippen LogP contribution < -0.4 is 0 Å². The molecule has 1 aromatic heterocycles. The van der Waals surface area contributed by atoms with E-state index in [1.165, 1.54) is 16.5 Å². The summed E-state index contributed by atoms with van der Waals surface area (Å²) >= 11 is 0. The first kappa shape index (κ1) is 17.3. The average Bonchev–Trinajstić information content (AvgIpc) is 2.56. The number of aliphatic hydroxyl groups is 1. The van der Waals surface area contributed by atoms with Crippen LogP contribution in [0.4, 0.5) is 0 Å². The molecule has 0 aliphatic carbocycles. The Morgan fingerprint density at radius 3 is 2.75 bits per heavy atom. The maximum Gasteiger partial charge on any atom is 0.0705 e. The van der Waals surface area contributed by atoms with E-state index in [0.29, 0.717) is 11.8 Å². The molecule has 1 aliphatic heterocycles. The lowest BCUT2D eigenvalue weighted by molar-refractivity contribution is 0.0694. The summed E-state index contributed by atoms with van der Waals surface area (Å²) in [5, 5.41) is 11.0. The molecule has 1 aliphatic rings. The van der Waals surface area contributed by atoms with Gasteiger partial charge in [0, 0.05) is 44.4 Å². The summed E-state index contributed by atoms with van der Waals surface area (Å²) in [5.41, 5.74) is 3.77. The Balaban J connectivity index is 1.83. The summed E-state index contributed by atoms with van der Waals surface area (Å²) in [4.78, 5) is 9.28. The lowest BCUT2D eigenvalue weighted by Crippen LogP contribution is -2.44. The van der Waals surface area contributed by atoms with E-state index in [1.54, 1.807) is 0 Å². The molecule has 2 aromatic rings. The number of aromatic nitrogens is 1. The van der Waals surface area contributed by atoms with Crippen molar-refractivity contribution >= 4 is 10.9 Å². The van der Waals surface area contributed by atoms with Gasteiger partial charge in [-0.2, -0.15) is 0 Å². The normalized spacial score (nSPS) is 22.4. The second-order valence-electron chi connectivity index (χ2n) is 7.54. The fourth-order valence-corrected chi connectivity index (χ4v) is 4.09. The Hall–Kier alpha value is -1.49. The Kier molecular flexibility index (Phi) is 5.49. The van der Waals surface area contributed by atoms with E-state index in [0.717, 1.165) is 38.1 Å². The molecule has 130 valence electrons. The van der Waals surface area contributed by atoms with Crippen LogP contribution in [0.15, 0.2) is 30.5 Å². The number of hydrogen-bond donors (Lipinski definition) is 1. The molecular weight excluding hydrogens is 298 g/mol. The molecule has 0 bridgehead atoms. The zero-order chi connectivity index (χ0) is 17.1. The van der Waals surface area contributed by atoms with Gasteiger partial charge in [0.05, 0.1) is 5.52 Å². The molecule has 24 heavy (non-hydrogen) atoms. The quantitative estimate of drug-likeness (QED) is 0.916. The highest BCUT2D eigenvalue weighted by molar-refractivity contribution is 5.83. The minimum absolute atomic E-state index is 0.288. The second kappa shape index (κ2) is 7.60. The van der Waals surface area contributed by atoms with E-state index < -0.39 is 0 Å². The molecule has 2 heterocycles. The molecule has 0 unspecified atom stereocenters. The Labute approximate surface area is 145 Å². The molecule has 4 nitrogen and oxygen atoms in total. The molecule has 4 heteroatoms. The maximum atomic E-state index is 9.70. The molecule has 1 saturated heterocycles. The van der Waals surface area contributed by atoms with Crippen molar-refractivity contribution in [1.29, 1.82) is 0 Å². The van der Waals surface area contributed by atoms with Crippen LogP contribution in [0, 0.1) is 18.8 Å². The minimum atomic E-state index is 0.288. The van der Waals surface area contributed by atoms with Gasteiger partial charge in [-0.15, -0.1) is 0 Å². The highest BCUT2D eigenvalue weighted by Crippen LogP contribution is 2.27. The van der Waals surface area contributed by atoms with Gasteiger partial charge < -0.3 is 10.0 Å². The van der Waals surface area contributed by atoms with Crippen LogP contribution in [0.1, 0.15) is 17.5 Å². The fraction of sp³-hybridized carbons (Fsp3) is 0.550. The number of hydrogen-bond acceptors (Lipinski definition) is 4. The van der Waals surface area contributed by atoms with Crippen molar-refractivity contribution in [3.05, 3.63) is 41.6 Å². The van der Waals surface area contributed by atoms with Crippen LogP contribution >= 0.6 is 0 Å². The minimum Gasteiger partial charge on any atom is -0.396 e. The van der Waals surface area contributed by atoms with E-state index in [9.17, 15) is 5.11 Å². The molecule has 1 aromatic carbocycles. The average molecular weight is 327 g/mol. The van der Waals surface area contributed by atoms with Crippen molar-refractivity contribution in [2.24, 2.45) is 11.8 Å². The Bertz CT molecular complexity index is 686. The molecule has 3 rings (SSSR count). The SMILES string of the molecule is Cc1ccc2ncccc2c1CN1C[C@@H](CN(C)C)C[C@H](CO)C1. The van der Waals surface area contributed by atoms with Gasteiger partial charge in [-0.1, -0.05) is 12.1 Å². The van der Waals surface area contributed by atoms with Gasteiger partial charge in [-0.3, -0.25) is 9.88 Å². The fourth-order valence-electron chi connectivity index (χ4n) is 4.09. The number of aryl methyl sites for hydroxylation is 1. The van der Waals surface area contributed by atoms with Crippen molar-refractivity contribution in [1.82, 2.24) is 14.8 Å². The van der Waals surface area contributed by atoms with Gasteiger partial charge in [0.1, 0.15) is 0 Å². The Morgan fingerprint density at radius 2 is 2.00 bits per heavy atom. The predicted molar refractivity (Wildman–Crippen MR) is 99.0 cm³/mol. The van der Waals surface area contributed by atoms with Gasteiger partial charge >= 0.3 is 0 Å². The van der Waals surface area contributed by atoms with Crippen LogP contribution in [-0.2, 0) is 6.54 Å². The molecule has 0 amide bonds. The molecule has 0 radical (unpaired) electrons. The number of pyridine rings is 1. The number of likely N-dealkylation sites (tertiary alicyclic amines) is 1. The van der Waals surface area contributed by atoms with E-state index >= 15 is 0 Å². The summed E-state index contributed by atoms with van der Waals surface area (Å²) in [6.45, 7) is 6.59. The van der Waals surface area contributed by atoms with Crippen LogP contribution in [-0.4, -0.2) is 60.2 Å². The first-order valence-corrected chi connectivity index (χ1v) is 8.88. The molecule has 0 spiro atoms. The standard InChI is InChI=1S/C20H29N3O/c1-15-6-7-20-18(5-4-8-21-20)19(15)13-23-11-16(10-22(2)3)9-17(12-23)14-24/h4-8,16-17,24H,9-14H2,1-3H3/t16-,17+/m1/s1. The third-order valence-electron chi connectivity index (χ3n) is 5.09. The zero-order valence-electron chi connectivity index (χ0n) is 15.1. The third kappa shape index (κ3) is 3.94. The molecule has 1 fully saturated rings. The van der Waals surface area contributed by atoms with Gasteiger partial charge in [-0.25, -0.2) is 0 Å². The van der Waals surface area contributed by atoms with E-state index in [4.69, 9.17) is 0 Å². The molecule has 0 saturated carbocycles. The predicted octanol–water partition coefficient (Wildman–Crippen LogP) is 2.54. The van der Waals surface area contributed by atoms with E-state index in [-0.39, 0.29) is 6.61 Å². The summed E-state index contributed by atoms with van der Waals surface area (Å²) in [5.74, 6) is 1.01. The number of aliphatic hydroxyl groups excluding tert-OH is 1. The summed E-state index contributed by atoms with van der Waals surface area (Å²) in [6.07, 6.45) is 2.98. The molecule has 1 N–H and O–H groups in total. The molecule has 2 atom stereocenters. The highest BCUT2D eigenvalue weighted by atomic mass is 16.3. The monoisotopic (exact) mass is 327 g/mol. The van der Waals surface area contributed by atoms with Crippen LogP contribution in [0.5, 0.6) is 0 Å². The maximum absolute atomic E-state index is 9.70. The van der Waals surface area contributed by atoms with Crippen LogP contribution in [0.2, 0.25) is 0 Å². The van der Waals surface area contributed by atoms with Gasteiger partial charge in [0.15, 0.2) is 0 Å². The van der Waals surface area contributed by atoms with Gasteiger partial charge in [-0.05, 0) is 62.5 Å². The number of fused-ring (bicyclic) bond motifs is 1. The first-order chi connectivity index (χ1) is 11.6. The lowest BCUT2D eigenvalue weighted by atomic mass is 9.88. The van der Waals surface area contributed by atoms with Crippen molar-refractivity contribution in [2.45, 2.75) is 19.9 Å².